The van der Waals surface area contributed by atoms with Gasteiger partial charge >= 0.3 is 5.69 Å². The van der Waals surface area contributed by atoms with Crippen LogP contribution in [0.5, 0.6) is 0 Å². The molecule has 0 aliphatic heterocycles. The van der Waals surface area contributed by atoms with E-state index in [1.165, 1.54) is 16.2 Å². The maximum atomic E-state index is 13.6. The third-order valence-corrected chi connectivity index (χ3v) is 6.91. The van der Waals surface area contributed by atoms with Gasteiger partial charge in [0.15, 0.2) is 0 Å². The highest BCUT2D eigenvalue weighted by Crippen LogP contribution is 2.29. The number of hydrogen-bond acceptors (Lipinski definition) is 4. The number of nitrogens with zero attached hydrogens (tertiary/aromatic N) is 3. The summed E-state index contributed by atoms with van der Waals surface area (Å²) >= 11 is 7.19. The summed E-state index contributed by atoms with van der Waals surface area (Å²) in [6.45, 7) is 4.03. The third kappa shape index (κ3) is 3.78. The van der Waals surface area contributed by atoms with E-state index in [0.717, 1.165) is 15.7 Å². The fourth-order valence-corrected chi connectivity index (χ4v) is 5.03. The minimum atomic E-state index is -0.463. The summed E-state index contributed by atoms with van der Waals surface area (Å²) in [6.07, 6.45) is 0. The van der Waals surface area contributed by atoms with Gasteiger partial charge in [-0.2, -0.15) is 0 Å². The van der Waals surface area contributed by atoms with Crippen LogP contribution in [0.15, 0.2) is 58.1 Å². The molecule has 0 aliphatic carbocycles. The standard InChI is InChI=1S/C24H22ClN3O3S/c1-14-5-7-16(8-6-14)13-27-23-19(15(2)20(32-23)22(30)26(3)4)21(29)28(24(27)31)18-11-9-17(25)10-12-18/h5-12H,13H2,1-4H3. The molecule has 164 valence electrons. The quantitative estimate of drug-likeness (QED) is 0.451. The molecule has 0 unspecified atom stereocenters. The van der Waals surface area contributed by atoms with Gasteiger partial charge in [-0.3, -0.25) is 14.2 Å². The van der Waals surface area contributed by atoms with E-state index in [-0.39, 0.29) is 12.5 Å². The van der Waals surface area contributed by atoms with E-state index in [0.29, 0.717) is 31.4 Å². The molecule has 2 heterocycles. The van der Waals surface area contributed by atoms with Crippen LogP contribution in [0.2, 0.25) is 5.02 Å². The Morgan fingerprint density at radius 3 is 2.22 bits per heavy atom. The van der Waals surface area contributed by atoms with Crippen LogP contribution in [0.3, 0.4) is 0 Å². The first-order valence-corrected chi connectivity index (χ1v) is 11.2. The van der Waals surface area contributed by atoms with Crippen molar-refractivity contribution in [3.63, 3.8) is 0 Å². The average molecular weight is 468 g/mol. The average Bonchev–Trinajstić information content (AvgIpc) is 3.10. The van der Waals surface area contributed by atoms with Crippen molar-refractivity contribution in [2.75, 3.05) is 14.1 Å². The van der Waals surface area contributed by atoms with Crippen molar-refractivity contribution in [2.24, 2.45) is 0 Å². The van der Waals surface area contributed by atoms with E-state index in [9.17, 15) is 14.4 Å². The summed E-state index contributed by atoms with van der Waals surface area (Å²) in [4.78, 5) is 42.3. The van der Waals surface area contributed by atoms with Gasteiger partial charge in [0.2, 0.25) is 0 Å². The predicted octanol–water partition coefficient (Wildman–Crippen LogP) is 4.23. The summed E-state index contributed by atoms with van der Waals surface area (Å²) in [5.41, 5.74) is 2.13. The molecule has 8 heteroatoms. The number of amides is 1. The number of thiophene rings is 1. The Hall–Kier alpha value is -3.16. The summed E-state index contributed by atoms with van der Waals surface area (Å²) in [6, 6.07) is 14.4. The van der Waals surface area contributed by atoms with Crippen LogP contribution >= 0.6 is 22.9 Å². The van der Waals surface area contributed by atoms with Crippen LogP contribution in [-0.2, 0) is 6.54 Å². The van der Waals surface area contributed by atoms with Gasteiger partial charge in [-0.25, -0.2) is 9.36 Å². The minimum absolute atomic E-state index is 0.199. The maximum absolute atomic E-state index is 13.6. The Kier molecular flexibility index (Phi) is 5.79. The van der Waals surface area contributed by atoms with E-state index >= 15 is 0 Å². The summed E-state index contributed by atoms with van der Waals surface area (Å²) < 4.78 is 2.72. The number of fused-ring (bicyclic) bond motifs is 1. The van der Waals surface area contributed by atoms with Gasteiger partial charge in [0.05, 0.1) is 22.5 Å². The van der Waals surface area contributed by atoms with E-state index in [4.69, 9.17) is 11.6 Å². The monoisotopic (exact) mass is 467 g/mol. The number of rotatable bonds is 4. The lowest BCUT2D eigenvalue weighted by Gasteiger charge is -2.13. The number of carbonyl (C=O) groups excluding carboxylic acids is 1. The molecule has 0 saturated carbocycles. The van der Waals surface area contributed by atoms with Crippen LogP contribution in [0.4, 0.5) is 0 Å². The summed E-state index contributed by atoms with van der Waals surface area (Å²) in [5.74, 6) is -0.199. The molecule has 4 rings (SSSR count). The molecule has 6 nitrogen and oxygen atoms in total. The second-order valence-electron chi connectivity index (χ2n) is 7.91. The molecule has 0 aliphatic rings. The van der Waals surface area contributed by atoms with Crippen LogP contribution < -0.4 is 11.2 Å². The largest absolute Gasteiger partial charge is 0.344 e. The molecule has 0 fully saturated rings. The van der Waals surface area contributed by atoms with Crippen molar-refractivity contribution in [1.29, 1.82) is 0 Å². The molecule has 0 N–H and O–H groups in total. The zero-order valence-corrected chi connectivity index (χ0v) is 19.8. The van der Waals surface area contributed by atoms with Crippen molar-refractivity contribution < 1.29 is 4.79 Å². The van der Waals surface area contributed by atoms with Crippen molar-refractivity contribution in [1.82, 2.24) is 14.0 Å². The number of halogens is 1. The molecule has 0 saturated heterocycles. The zero-order valence-electron chi connectivity index (χ0n) is 18.2. The number of hydrogen-bond donors (Lipinski definition) is 0. The van der Waals surface area contributed by atoms with Gasteiger partial charge in [0.25, 0.3) is 11.5 Å². The van der Waals surface area contributed by atoms with Crippen LogP contribution in [0.1, 0.15) is 26.4 Å². The summed E-state index contributed by atoms with van der Waals surface area (Å²) in [5, 5.41) is 0.885. The molecule has 32 heavy (non-hydrogen) atoms. The van der Waals surface area contributed by atoms with Crippen molar-refractivity contribution in [3.05, 3.63) is 96.0 Å². The van der Waals surface area contributed by atoms with Crippen LogP contribution in [-0.4, -0.2) is 34.0 Å². The first-order valence-electron chi connectivity index (χ1n) is 10.0. The first kappa shape index (κ1) is 22.0. The normalized spacial score (nSPS) is 11.2. The molecular formula is C24H22ClN3O3S. The Bertz CT molecular complexity index is 1450. The molecule has 2 aromatic heterocycles. The predicted molar refractivity (Wildman–Crippen MR) is 130 cm³/mol. The Morgan fingerprint density at radius 1 is 1.00 bits per heavy atom. The molecular weight excluding hydrogens is 446 g/mol. The number of aryl methyl sites for hydroxylation is 2. The SMILES string of the molecule is Cc1ccc(Cn2c(=O)n(-c3ccc(Cl)cc3)c(=O)c3c(C)c(C(=O)N(C)C)sc32)cc1. The topological polar surface area (TPSA) is 64.3 Å². The van der Waals surface area contributed by atoms with Crippen molar-refractivity contribution in [3.8, 4) is 5.69 Å². The van der Waals surface area contributed by atoms with Gasteiger partial charge in [-0.1, -0.05) is 41.4 Å². The van der Waals surface area contributed by atoms with Gasteiger partial charge in [0.1, 0.15) is 4.83 Å². The lowest BCUT2D eigenvalue weighted by molar-refractivity contribution is 0.0831. The van der Waals surface area contributed by atoms with E-state index in [2.05, 4.69) is 0 Å². The smallest absolute Gasteiger partial charge is 0.337 e. The molecule has 0 atom stereocenters. The molecule has 0 spiro atoms. The van der Waals surface area contributed by atoms with Gasteiger partial charge in [-0.15, -0.1) is 11.3 Å². The molecule has 4 aromatic rings. The summed E-state index contributed by atoms with van der Waals surface area (Å²) in [7, 11) is 3.33. The molecule has 1 amide bonds. The fraction of sp³-hybridized carbons (Fsp3) is 0.208. The lowest BCUT2D eigenvalue weighted by Crippen LogP contribution is -2.38. The fourth-order valence-electron chi connectivity index (χ4n) is 3.59. The maximum Gasteiger partial charge on any atom is 0.337 e. The minimum Gasteiger partial charge on any atom is -0.344 e. The van der Waals surface area contributed by atoms with Gasteiger partial charge < -0.3 is 4.90 Å². The Morgan fingerprint density at radius 2 is 1.62 bits per heavy atom. The van der Waals surface area contributed by atoms with E-state index in [1.807, 2.05) is 31.2 Å². The Labute approximate surface area is 193 Å². The second kappa shape index (κ2) is 8.41. The number of benzene rings is 2. The number of aromatic nitrogens is 2. The molecule has 2 aromatic carbocycles. The van der Waals surface area contributed by atoms with Crippen molar-refractivity contribution >= 4 is 39.1 Å². The van der Waals surface area contributed by atoms with Crippen molar-refractivity contribution in [2.45, 2.75) is 20.4 Å². The zero-order chi connectivity index (χ0) is 23.2. The van der Waals surface area contributed by atoms with Crippen LogP contribution in [0.25, 0.3) is 15.9 Å². The highest BCUT2D eigenvalue weighted by atomic mass is 35.5. The van der Waals surface area contributed by atoms with Crippen LogP contribution in [0, 0.1) is 13.8 Å². The highest BCUT2D eigenvalue weighted by Gasteiger charge is 2.24. The first-order chi connectivity index (χ1) is 15.2. The van der Waals surface area contributed by atoms with E-state index < -0.39 is 11.2 Å². The second-order valence-corrected chi connectivity index (χ2v) is 9.34. The van der Waals surface area contributed by atoms with Gasteiger partial charge in [0, 0.05) is 19.1 Å². The number of carbonyl (C=O) groups is 1. The van der Waals surface area contributed by atoms with Gasteiger partial charge in [-0.05, 0) is 49.2 Å². The molecule has 0 bridgehead atoms. The Balaban J connectivity index is 2.06. The lowest BCUT2D eigenvalue weighted by atomic mass is 10.1. The third-order valence-electron chi connectivity index (χ3n) is 5.36. The molecule has 0 radical (unpaired) electrons. The highest BCUT2D eigenvalue weighted by molar-refractivity contribution is 7.20. The van der Waals surface area contributed by atoms with E-state index in [1.54, 1.807) is 49.9 Å².